The van der Waals surface area contributed by atoms with E-state index in [4.69, 9.17) is 8.61 Å². The number of hydrogen-bond donors (Lipinski definition) is 1. The van der Waals surface area contributed by atoms with Gasteiger partial charge in [0, 0.05) is 50.8 Å². The predicted octanol–water partition coefficient (Wildman–Crippen LogP) is 8.59. The lowest BCUT2D eigenvalue weighted by molar-refractivity contribution is -0.384. The zero-order valence-corrected chi connectivity index (χ0v) is 43.7. The van der Waals surface area contributed by atoms with Gasteiger partial charge in [-0.1, -0.05) is 71.0 Å². The van der Waals surface area contributed by atoms with Gasteiger partial charge in [0.05, 0.1) is 49.7 Å². The number of alkyl halides is 2. The van der Waals surface area contributed by atoms with E-state index in [1.807, 2.05) is 68.6 Å². The number of carbonyl (C=O) groups is 2. The highest BCUT2D eigenvalue weighted by molar-refractivity contribution is 7.86. The van der Waals surface area contributed by atoms with Crippen molar-refractivity contribution in [3.05, 3.63) is 87.3 Å². The minimum absolute atomic E-state index is 0.0240. The highest BCUT2D eigenvalue weighted by Gasteiger charge is 2.72. The molecule has 0 bridgehead atoms. The summed E-state index contributed by atoms with van der Waals surface area (Å²) in [5.41, 5.74) is 2.95. The molecule has 2 aliphatic heterocycles. The molecule has 1 aliphatic carbocycles. The Morgan fingerprint density at radius 1 is 1.04 bits per heavy atom. The average molecular weight is 1010 g/mol. The predicted molar refractivity (Wildman–Crippen MR) is 261 cm³/mol. The van der Waals surface area contributed by atoms with Crippen molar-refractivity contribution in [3.8, 4) is 10.4 Å². The number of hydrogen-bond acceptors (Lipinski definition) is 13. The van der Waals surface area contributed by atoms with Crippen molar-refractivity contribution < 1.29 is 40.3 Å². The van der Waals surface area contributed by atoms with Gasteiger partial charge in [0.25, 0.3) is 21.7 Å². The first-order chi connectivity index (χ1) is 32.2. The maximum Gasteiger partial charge on any atom is 0.297 e. The minimum Gasteiger partial charge on any atom is -0.412 e. The molecule has 21 heteroatoms. The SMILES string of the molecule is Cc1ncsc1-c1ccc(CNC(=O)[C@@H]2C[C@@H](O[Si](C)(C)C(C)(C)C)CN2C(=O)[C@@H](n2cc(CCC3CCN(C[C@@]4(COS(=O)(=O)c5ccc([N+](=O)[O-])cc5)CC4(F)F)CC3)nn2)C(C)(C)C)cc1. The summed E-state index contributed by atoms with van der Waals surface area (Å²) in [6.45, 7) is 19.7. The summed E-state index contributed by atoms with van der Waals surface area (Å²) in [5, 5.41) is 23.0. The number of aromatic nitrogens is 4. The molecule has 1 N–H and O–H groups in total. The third kappa shape index (κ3) is 12.0. The number of halogens is 2. The number of thiazole rings is 1. The molecule has 2 amide bonds. The molecule has 16 nitrogen and oxygen atoms in total. The Kier molecular flexibility index (Phi) is 15.1. The second-order valence-corrected chi connectivity index (χ2v) is 29.0. The highest BCUT2D eigenvalue weighted by Crippen LogP contribution is 2.61. The van der Waals surface area contributed by atoms with E-state index in [-0.39, 0.29) is 52.5 Å². The third-order valence-electron chi connectivity index (χ3n) is 14.5. The molecule has 0 radical (unpaired) electrons. The van der Waals surface area contributed by atoms with Gasteiger partial charge in [0.15, 0.2) is 8.32 Å². The zero-order chi connectivity index (χ0) is 50.3. The first-order valence-corrected chi connectivity index (χ1v) is 28.8. The van der Waals surface area contributed by atoms with E-state index in [9.17, 15) is 36.9 Å². The number of nitro benzene ring substituents is 1. The quantitative estimate of drug-likeness (QED) is 0.0433. The van der Waals surface area contributed by atoms with Crippen molar-refractivity contribution in [1.29, 1.82) is 0 Å². The number of amides is 2. The van der Waals surface area contributed by atoms with Gasteiger partial charge >= 0.3 is 0 Å². The molecule has 376 valence electrons. The number of likely N-dealkylation sites (tertiary alicyclic amines) is 2. The lowest BCUT2D eigenvalue weighted by atomic mass is 9.85. The van der Waals surface area contributed by atoms with E-state index in [1.54, 1.807) is 20.9 Å². The molecular weight excluding hydrogens is 947 g/mol. The van der Waals surface area contributed by atoms with Crippen molar-refractivity contribution >= 4 is 47.3 Å². The molecule has 4 heterocycles. The van der Waals surface area contributed by atoms with Crippen molar-refractivity contribution in [2.24, 2.45) is 16.7 Å². The number of carbonyl (C=O) groups excluding carboxylic acids is 2. The van der Waals surface area contributed by atoms with Gasteiger partial charge in [-0.2, -0.15) is 8.42 Å². The Labute approximate surface area is 408 Å². The summed E-state index contributed by atoms with van der Waals surface area (Å²) in [6.07, 6.45) is 4.22. The Morgan fingerprint density at radius 2 is 1.70 bits per heavy atom. The highest BCUT2D eigenvalue weighted by atomic mass is 32.2. The van der Waals surface area contributed by atoms with Crippen LogP contribution < -0.4 is 5.32 Å². The Hall–Kier alpha value is -4.54. The van der Waals surface area contributed by atoms with Crippen LogP contribution >= 0.6 is 11.3 Å². The van der Waals surface area contributed by atoms with Gasteiger partial charge in [-0.05, 0) is 98.4 Å². The van der Waals surface area contributed by atoms with Gasteiger partial charge in [-0.15, -0.1) is 16.4 Å². The van der Waals surface area contributed by atoms with E-state index >= 15 is 0 Å². The van der Waals surface area contributed by atoms with Crippen LogP contribution in [-0.4, -0.2) is 114 Å². The number of benzene rings is 2. The van der Waals surface area contributed by atoms with Crippen LogP contribution in [0, 0.1) is 33.8 Å². The number of non-ortho nitro benzene ring substituents is 1. The van der Waals surface area contributed by atoms with Gasteiger partial charge in [0.1, 0.15) is 12.1 Å². The van der Waals surface area contributed by atoms with Crippen LogP contribution in [0.25, 0.3) is 10.4 Å². The molecule has 1 saturated carbocycles. The monoisotopic (exact) mass is 1010 g/mol. The largest absolute Gasteiger partial charge is 0.412 e. The number of nitrogens with zero attached hydrogens (tertiary/aromatic N) is 7. The van der Waals surface area contributed by atoms with Crippen molar-refractivity contribution in [3.63, 3.8) is 0 Å². The molecular formula is C48H66F2N8O8S2Si. The summed E-state index contributed by atoms with van der Waals surface area (Å²) < 4.78 is 69.0. The second kappa shape index (κ2) is 19.9. The van der Waals surface area contributed by atoms with Crippen LogP contribution in [0.5, 0.6) is 0 Å². The fourth-order valence-electron chi connectivity index (χ4n) is 9.18. The van der Waals surface area contributed by atoms with Crippen molar-refractivity contribution in [2.45, 2.75) is 141 Å². The summed E-state index contributed by atoms with van der Waals surface area (Å²) in [5.74, 6) is -3.29. The van der Waals surface area contributed by atoms with E-state index < -0.39 is 65.2 Å². The van der Waals surface area contributed by atoms with Gasteiger partial charge in [-0.25, -0.2) is 18.4 Å². The van der Waals surface area contributed by atoms with Gasteiger partial charge in [-0.3, -0.25) is 23.9 Å². The molecule has 69 heavy (non-hydrogen) atoms. The van der Waals surface area contributed by atoms with Crippen LogP contribution in [0.3, 0.4) is 0 Å². The van der Waals surface area contributed by atoms with Gasteiger partial charge in [0.2, 0.25) is 11.8 Å². The lowest BCUT2D eigenvalue weighted by Crippen LogP contribution is -2.50. The summed E-state index contributed by atoms with van der Waals surface area (Å²) in [4.78, 5) is 48.2. The topological polar surface area (TPSA) is 192 Å². The summed E-state index contributed by atoms with van der Waals surface area (Å²) >= 11 is 1.59. The van der Waals surface area contributed by atoms with Crippen LogP contribution in [0.1, 0.15) is 96.6 Å². The molecule has 3 aliphatic rings. The molecule has 2 aromatic heterocycles. The second-order valence-electron chi connectivity index (χ2n) is 21.8. The molecule has 0 unspecified atom stereocenters. The first-order valence-electron chi connectivity index (χ1n) is 23.6. The molecule has 3 fully saturated rings. The van der Waals surface area contributed by atoms with Crippen LogP contribution in [-0.2, 0) is 41.3 Å². The van der Waals surface area contributed by atoms with Crippen molar-refractivity contribution in [1.82, 2.24) is 35.1 Å². The summed E-state index contributed by atoms with van der Waals surface area (Å²) in [7, 11) is -6.68. The van der Waals surface area contributed by atoms with Crippen molar-refractivity contribution in [2.75, 3.05) is 32.8 Å². The Balaban J connectivity index is 0.962. The smallest absolute Gasteiger partial charge is 0.297 e. The standard InChI is InChI=1S/C48H66F2N8O8S2Si/c1-32-41(67-31-52-32)35-13-10-34(11-14-35)25-51-43(59)40-24-38(66-69(8,9)46(5,6)7)27-56(40)44(60)42(45(2,3)4)57-26-36(53-54-57)15-12-33-20-22-55(23-21-33)29-47(28-48(47,49)50)30-65-68(63,64)39-18-16-37(17-19-39)58(61)62/h10-11,13-14,16-19,26,31,33,38,40,42H,12,15,20-25,27-30H2,1-9H3,(H,51,59)/t38-,40+,42-,47-/m1/s1. The molecule has 0 spiro atoms. The maximum absolute atomic E-state index is 14.9. The van der Waals surface area contributed by atoms with E-state index in [1.165, 1.54) is 0 Å². The van der Waals surface area contributed by atoms with Crippen LogP contribution in [0.15, 0.2) is 65.1 Å². The molecule has 7 rings (SSSR count). The van der Waals surface area contributed by atoms with Crippen LogP contribution in [0.4, 0.5) is 14.5 Å². The fraction of sp³-hybridized carbons (Fsp3) is 0.604. The average Bonchev–Trinajstić information content (AvgIpc) is 3.81. The van der Waals surface area contributed by atoms with E-state index in [2.05, 4.69) is 54.5 Å². The molecule has 2 aromatic carbocycles. The van der Waals surface area contributed by atoms with E-state index in [0.29, 0.717) is 38.2 Å². The normalized spacial score (nSPS) is 21.9. The number of nitro groups is 1. The zero-order valence-electron chi connectivity index (χ0n) is 41.0. The lowest BCUT2D eigenvalue weighted by Gasteiger charge is -2.38. The van der Waals surface area contributed by atoms with Gasteiger partial charge < -0.3 is 19.5 Å². The number of piperidine rings is 1. The molecule has 4 atom stereocenters. The first kappa shape index (κ1) is 52.3. The Morgan fingerprint density at radius 3 is 2.26 bits per heavy atom. The number of aryl methyl sites for hydroxylation is 2. The molecule has 4 aromatic rings. The molecule has 2 saturated heterocycles. The fourth-order valence-corrected chi connectivity index (χ4v) is 12.3. The maximum atomic E-state index is 14.9. The Bertz CT molecular complexity index is 2590. The minimum atomic E-state index is -4.42. The van der Waals surface area contributed by atoms with E-state index in [0.717, 1.165) is 65.2 Å². The number of rotatable bonds is 18. The van der Waals surface area contributed by atoms with Crippen LogP contribution in [0.2, 0.25) is 18.1 Å². The third-order valence-corrected chi connectivity index (χ3v) is 21.3. The number of nitrogens with one attached hydrogen (secondary N) is 1. The summed E-state index contributed by atoms with van der Waals surface area (Å²) in [6, 6.07) is 10.6.